The predicted octanol–water partition coefficient (Wildman–Crippen LogP) is 4.45. The first kappa shape index (κ1) is 20.1. The van der Waals surface area contributed by atoms with Crippen LogP contribution in [0.3, 0.4) is 0 Å². The number of aromatic nitrogens is 2. The van der Waals surface area contributed by atoms with Crippen LogP contribution < -0.4 is 10.6 Å². The molecule has 6 rings (SSSR count). The van der Waals surface area contributed by atoms with Gasteiger partial charge < -0.3 is 10.6 Å². The number of anilines is 2. The summed E-state index contributed by atoms with van der Waals surface area (Å²) in [6.45, 7) is 0. The molecule has 0 bridgehead atoms. The third-order valence-corrected chi connectivity index (χ3v) is 6.47. The number of pyridine rings is 2. The van der Waals surface area contributed by atoms with Gasteiger partial charge in [0, 0.05) is 41.4 Å². The average molecular weight is 444 g/mol. The van der Waals surface area contributed by atoms with Crippen molar-refractivity contribution >= 4 is 34.8 Å². The summed E-state index contributed by atoms with van der Waals surface area (Å²) in [7, 11) is 0. The van der Waals surface area contributed by atoms with Crippen LogP contribution in [0.1, 0.15) is 28.1 Å². The molecule has 4 aromatic rings. The molecule has 2 N–H and O–H groups in total. The minimum absolute atomic E-state index is 0.105. The van der Waals surface area contributed by atoms with Crippen molar-refractivity contribution < 1.29 is 9.59 Å². The van der Waals surface area contributed by atoms with Gasteiger partial charge in [-0.1, -0.05) is 36.4 Å². The summed E-state index contributed by atoms with van der Waals surface area (Å²) >= 11 is 0. The molecule has 2 aromatic carbocycles. The molecule has 2 aliphatic heterocycles. The van der Waals surface area contributed by atoms with E-state index in [9.17, 15) is 9.59 Å². The molecule has 0 fully saturated rings. The molecule has 6 heteroatoms. The molecular formula is C28H20N4O2. The number of carbonyl (C=O) groups excluding carboxylic acids is 2. The highest BCUT2D eigenvalue weighted by Gasteiger charge is 2.49. The Morgan fingerprint density at radius 3 is 2.38 bits per heavy atom. The number of hydrogen-bond acceptors (Lipinski definition) is 4. The minimum Gasteiger partial charge on any atom is -0.325 e. The van der Waals surface area contributed by atoms with Gasteiger partial charge in [0.15, 0.2) is 0 Å². The maximum atomic E-state index is 13.6. The zero-order chi connectivity index (χ0) is 23.1. The standard InChI is InChI=1S/C28H20N4O2/c33-26-22(16-19-7-3-5-13-29-19)21-15-18(11-12-24(21)31-26)28(17-20-8-4-6-14-30-20)23-9-1-2-10-25(23)32-27(28)34/h1-16H,17H2,(H,31,33)(H,32,34)/b22-16+/t28-/m0/s1. The van der Waals surface area contributed by atoms with Crippen molar-refractivity contribution in [3.63, 3.8) is 0 Å². The van der Waals surface area contributed by atoms with Crippen LogP contribution in [-0.2, 0) is 21.4 Å². The van der Waals surface area contributed by atoms with Crippen molar-refractivity contribution in [3.8, 4) is 0 Å². The number of benzene rings is 2. The highest BCUT2D eigenvalue weighted by Crippen LogP contribution is 2.47. The molecule has 0 radical (unpaired) electrons. The lowest BCUT2D eigenvalue weighted by atomic mass is 9.71. The van der Waals surface area contributed by atoms with Crippen LogP contribution in [0.2, 0.25) is 0 Å². The molecule has 2 aliphatic rings. The topological polar surface area (TPSA) is 84.0 Å². The van der Waals surface area contributed by atoms with Crippen molar-refractivity contribution in [1.29, 1.82) is 0 Å². The van der Waals surface area contributed by atoms with E-state index in [2.05, 4.69) is 20.6 Å². The van der Waals surface area contributed by atoms with E-state index in [1.165, 1.54) is 0 Å². The smallest absolute Gasteiger partial charge is 0.256 e. The number of nitrogens with zero attached hydrogens (tertiary/aromatic N) is 2. The van der Waals surface area contributed by atoms with E-state index in [0.29, 0.717) is 17.7 Å². The van der Waals surface area contributed by atoms with Gasteiger partial charge in [-0.15, -0.1) is 0 Å². The molecule has 164 valence electrons. The van der Waals surface area contributed by atoms with Crippen molar-refractivity contribution in [2.24, 2.45) is 0 Å². The fourth-order valence-electron chi connectivity index (χ4n) is 4.86. The molecule has 2 aromatic heterocycles. The van der Waals surface area contributed by atoms with E-state index in [1.807, 2.05) is 78.9 Å². The van der Waals surface area contributed by atoms with Gasteiger partial charge in [0.25, 0.3) is 5.91 Å². The van der Waals surface area contributed by atoms with Crippen LogP contribution in [-0.4, -0.2) is 21.8 Å². The maximum absolute atomic E-state index is 13.6. The van der Waals surface area contributed by atoms with Gasteiger partial charge in [-0.2, -0.15) is 0 Å². The van der Waals surface area contributed by atoms with E-state index in [-0.39, 0.29) is 11.8 Å². The van der Waals surface area contributed by atoms with Crippen LogP contribution >= 0.6 is 0 Å². The molecule has 1 atom stereocenters. The van der Waals surface area contributed by atoms with Crippen LogP contribution in [0.5, 0.6) is 0 Å². The molecule has 0 aliphatic carbocycles. The fraction of sp³-hybridized carbons (Fsp3) is 0.0714. The average Bonchev–Trinajstić information content (AvgIpc) is 3.33. The molecule has 0 spiro atoms. The van der Waals surface area contributed by atoms with Gasteiger partial charge in [-0.25, -0.2) is 0 Å². The predicted molar refractivity (Wildman–Crippen MR) is 131 cm³/mol. The Balaban J connectivity index is 1.54. The Morgan fingerprint density at radius 2 is 1.59 bits per heavy atom. The lowest BCUT2D eigenvalue weighted by Gasteiger charge is -2.28. The van der Waals surface area contributed by atoms with Gasteiger partial charge in [-0.05, 0) is 59.7 Å². The monoisotopic (exact) mass is 444 g/mol. The third kappa shape index (κ3) is 3.11. The van der Waals surface area contributed by atoms with Crippen molar-refractivity contribution in [2.45, 2.75) is 11.8 Å². The van der Waals surface area contributed by atoms with Gasteiger partial charge >= 0.3 is 0 Å². The van der Waals surface area contributed by atoms with Crippen molar-refractivity contribution in [2.75, 3.05) is 10.6 Å². The van der Waals surface area contributed by atoms with Crippen LogP contribution in [0.4, 0.5) is 11.4 Å². The van der Waals surface area contributed by atoms with Gasteiger partial charge in [0.1, 0.15) is 5.41 Å². The van der Waals surface area contributed by atoms with Gasteiger partial charge in [0.2, 0.25) is 5.91 Å². The van der Waals surface area contributed by atoms with Gasteiger partial charge in [0.05, 0.1) is 11.3 Å². The third-order valence-electron chi connectivity index (χ3n) is 6.47. The number of nitrogens with one attached hydrogen (secondary N) is 2. The molecule has 6 nitrogen and oxygen atoms in total. The molecule has 2 amide bonds. The summed E-state index contributed by atoms with van der Waals surface area (Å²) in [4.78, 5) is 35.3. The highest BCUT2D eigenvalue weighted by atomic mass is 16.2. The number of amides is 2. The summed E-state index contributed by atoms with van der Waals surface area (Å²) in [5.74, 6) is -0.292. The minimum atomic E-state index is -0.971. The Hall–Kier alpha value is -4.58. The first-order valence-electron chi connectivity index (χ1n) is 11.0. The largest absolute Gasteiger partial charge is 0.325 e. The number of carbonyl (C=O) groups is 2. The van der Waals surface area contributed by atoms with E-state index >= 15 is 0 Å². The van der Waals surface area contributed by atoms with Crippen molar-refractivity contribution in [1.82, 2.24) is 9.97 Å². The maximum Gasteiger partial charge on any atom is 0.256 e. The van der Waals surface area contributed by atoms with Crippen molar-refractivity contribution in [3.05, 3.63) is 119 Å². The van der Waals surface area contributed by atoms with Crippen LogP contribution in [0.25, 0.3) is 11.6 Å². The normalized spacial score (nSPS) is 19.5. The first-order valence-corrected chi connectivity index (χ1v) is 11.0. The van der Waals surface area contributed by atoms with E-state index in [1.54, 1.807) is 18.5 Å². The molecule has 0 saturated heterocycles. The second-order valence-electron chi connectivity index (χ2n) is 8.43. The SMILES string of the molecule is O=C1Nc2ccc([C@]3(Cc4ccccn4)C(=O)Nc4ccccc43)cc2/C1=C\c1ccccn1. The summed E-state index contributed by atoms with van der Waals surface area (Å²) in [6.07, 6.45) is 5.61. The van der Waals surface area contributed by atoms with E-state index in [4.69, 9.17) is 0 Å². The Bertz CT molecular complexity index is 1460. The Labute approximate surface area is 196 Å². The number of rotatable bonds is 4. The Morgan fingerprint density at radius 1 is 0.794 bits per heavy atom. The lowest BCUT2D eigenvalue weighted by Crippen LogP contribution is -2.38. The lowest BCUT2D eigenvalue weighted by molar-refractivity contribution is -0.119. The summed E-state index contributed by atoms with van der Waals surface area (Å²) in [5, 5.41) is 5.99. The second kappa shape index (κ2) is 7.78. The molecule has 0 unspecified atom stereocenters. The quantitative estimate of drug-likeness (QED) is 0.456. The zero-order valence-corrected chi connectivity index (χ0v) is 18.2. The molecule has 0 saturated carbocycles. The summed E-state index contributed by atoms with van der Waals surface area (Å²) < 4.78 is 0. The molecule has 34 heavy (non-hydrogen) atoms. The molecule has 4 heterocycles. The fourth-order valence-corrected chi connectivity index (χ4v) is 4.86. The Kier molecular flexibility index (Phi) is 4.59. The second-order valence-corrected chi connectivity index (χ2v) is 8.43. The van der Waals surface area contributed by atoms with Crippen LogP contribution in [0, 0.1) is 0 Å². The first-order chi connectivity index (χ1) is 16.6. The zero-order valence-electron chi connectivity index (χ0n) is 18.2. The highest BCUT2D eigenvalue weighted by molar-refractivity contribution is 6.35. The number of hydrogen-bond donors (Lipinski definition) is 2. The molecular weight excluding hydrogens is 424 g/mol. The van der Waals surface area contributed by atoms with E-state index in [0.717, 1.165) is 33.8 Å². The van der Waals surface area contributed by atoms with E-state index < -0.39 is 5.41 Å². The summed E-state index contributed by atoms with van der Waals surface area (Å²) in [6, 6.07) is 24.8. The summed E-state index contributed by atoms with van der Waals surface area (Å²) in [5.41, 5.74) is 5.04. The van der Waals surface area contributed by atoms with Gasteiger partial charge in [-0.3, -0.25) is 19.6 Å². The number of fused-ring (bicyclic) bond motifs is 2. The number of para-hydroxylation sites is 1. The van der Waals surface area contributed by atoms with Crippen LogP contribution in [0.15, 0.2) is 91.3 Å².